The van der Waals surface area contributed by atoms with Crippen molar-refractivity contribution in [1.82, 2.24) is 5.32 Å². The maximum Gasteiger partial charge on any atom is 0.272 e. The van der Waals surface area contributed by atoms with Crippen molar-refractivity contribution in [2.75, 3.05) is 11.1 Å². The number of rotatable bonds is 9. The van der Waals surface area contributed by atoms with Crippen LogP contribution in [0.4, 0.5) is 5.69 Å². The van der Waals surface area contributed by atoms with E-state index in [9.17, 15) is 14.4 Å². The second-order valence-corrected chi connectivity index (χ2v) is 11.7. The molecule has 0 bridgehead atoms. The zero-order valence-electron chi connectivity index (χ0n) is 24.2. The molecule has 216 valence electrons. The lowest BCUT2D eigenvalue weighted by atomic mass is 10.0. The summed E-state index contributed by atoms with van der Waals surface area (Å²) in [6.45, 7) is 1.95. The van der Waals surface area contributed by atoms with Crippen LogP contribution in [0, 0.1) is 6.92 Å². The van der Waals surface area contributed by atoms with E-state index in [0.29, 0.717) is 17.0 Å². The molecule has 5 aromatic rings. The first-order chi connectivity index (χ1) is 21.4. The van der Waals surface area contributed by atoms with Crippen molar-refractivity contribution in [3.63, 3.8) is 0 Å². The summed E-state index contributed by atoms with van der Waals surface area (Å²) < 4.78 is 0. The quantitative estimate of drug-likeness (QED) is 0.101. The molecular weight excluding hydrogens is 564 g/mol. The number of thioether (sulfide) groups is 1. The minimum absolute atomic E-state index is 0.0753. The van der Waals surface area contributed by atoms with E-state index < -0.39 is 5.91 Å². The van der Waals surface area contributed by atoms with Crippen LogP contribution >= 0.6 is 11.8 Å². The van der Waals surface area contributed by atoms with Crippen molar-refractivity contribution in [1.29, 1.82) is 0 Å². The summed E-state index contributed by atoms with van der Waals surface area (Å²) in [5.74, 6) is -0.422. The largest absolute Gasteiger partial charge is 0.321 e. The third-order valence-electron chi connectivity index (χ3n) is 7.61. The summed E-state index contributed by atoms with van der Waals surface area (Å²) >= 11 is 1.46. The fraction of sp³-hybridized carbons (Fsp3) is 0.0789. The van der Waals surface area contributed by atoms with E-state index in [1.165, 1.54) is 34.0 Å². The Morgan fingerprint density at radius 3 is 2.23 bits per heavy atom. The number of hydrogen-bond donors (Lipinski definition) is 2. The van der Waals surface area contributed by atoms with E-state index in [4.69, 9.17) is 0 Å². The van der Waals surface area contributed by atoms with Crippen LogP contribution in [-0.2, 0) is 11.2 Å². The molecule has 0 saturated carbocycles. The number of amides is 2. The Kier molecular flexibility index (Phi) is 8.52. The van der Waals surface area contributed by atoms with E-state index in [-0.39, 0.29) is 17.4 Å². The molecule has 2 N–H and O–H groups in total. The third-order valence-corrected chi connectivity index (χ3v) is 8.63. The number of Topliss-reactive ketones (excluding diaryl/α,β-unsaturated/α-hetero) is 1. The van der Waals surface area contributed by atoms with E-state index in [0.717, 1.165) is 28.0 Å². The van der Waals surface area contributed by atoms with Crippen LogP contribution in [0.5, 0.6) is 0 Å². The number of hydrogen-bond acceptors (Lipinski definition) is 4. The van der Waals surface area contributed by atoms with E-state index in [1.807, 2.05) is 67.6 Å². The van der Waals surface area contributed by atoms with Gasteiger partial charge in [0.1, 0.15) is 5.70 Å². The number of aryl methyl sites for hydroxylation is 1. The molecule has 0 spiro atoms. The van der Waals surface area contributed by atoms with Crippen molar-refractivity contribution in [3.8, 4) is 11.1 Å². The summed E-state index contributed by atoms with van der Waals surface area (Å²) in [6.07, 6.45) is 2.53. The lowest BCUT2D eigenvalue weighted by Gasteiger charge is -2.12. The van der Waals surface area contributed by atoms with Crippen LogP contribution < -0.4 is 10.6 Å². The molecule has 0 unspecified atom stereocenters. The summed E-state index contributed by atoms with van der Waals surface area (Å²) in [4.78, 5) is 40.2. The maximum absolute atomic E-state index is 13.4. The molecule has 0 aliphatic heterocycles. The monoisotopic (exact) mass is 594 g/mol. The Balaban J connectivity index is 1.10. The normalized spacial score (nSPS) is 11.8. The van der Waals surface area contributed by atoms with Gasteiger partial charge in [0, 0.05) is 21.7 Å². The van der Waals surface area contributed by atoms with Crippen LogP contribution in [0.25, 0.3) is 17.2 Å². The molecule has 0 atom stereocenters. The average molecular weight is 595 g/mol. The first-order valence-corrected chi connectivity index (χ1v) is 15.4. The highest BCUT2D eigenvalue weighted by atomic mass is 32.2. The molecule has 1 aliphatic rings. The number of anilines is 1. The molecule has 5 aromatic carbocycles. The lowest BCUT2D eigenvalue weighted by molar-refractivity contribution is -0.113. The highest BCUT2D eigenvalue weighted by Gasteiger charge is 2.20. The van der Waals surface area contributed by atoms with Gasteiger partial charge in [-0.15, -0.1) is 11.8 Å². The van der Waals surface area contributed by atoms with Crippen LogP contribution in [0.3, 0.4) is 0 Å². The molecule has 6 rings (SSSR count). The van der Waals surface area contributed by atoms with E-state index in [2.05, 4.69) is 34.9 Å². The minimum atomic E-state index is -0.438. The van der Waals surface area contributed by atoms with Gasteiger partial charge in [-0.1, -0.05) is 78.9 Å². The zero-order chi connectivity index (χ0) is 30.5. The fourth-order valence-electron chi connectivity index (χ4n) is 5.23. The molecule has 2 amide bonds. The molecule has 0 aromatic heterocycles. The summed E-state index contributed by atoms with van der Waals surface area (Å²) in [5.41, 5.74) is 8.64. The fourth-order valence-corrected chi connectivity index (χ4v) is 6.02. The van der Waals surface area contributed by atoms with Gasteiger partial charge < -0.3 is 10.6 Å². The standard InChI is InChI=1S/C38H30N2O3S/c1-25-9-5-6-12-27(25)23-35(40-37(42)26-10-3-2-4-11-26)38(43)39-31-16-18-32(19-17-31)44-24-36(41)29-15-20-34-30(22-29)21-28-13-7-8-14-33(28)34/h2-20,22-23H,21,24H2,1H3,(H,39,43)(H,40,42)/b35-23-. The summed E-state index contributed by atoms with van der Waals surface area (Å²) in [7, 11) is 0. The minimum Gasteiger partial charge on any atom is -0.321 e. The van der Waals surface area contributed by atoms with Crippen molar-refractivity contribution in [3.05, 3.63) is 160 Å². The molecule has 0 radical (unpaired) electrons. The molecule has 44 heavy (non-hydrogen) atoms. The molecule has 0 fully saturated rings. The average Bonchev–Trinajstić information content (AvgIpc) is 3.43. The Morgan fingerprint density at radius 2 is 1.43 bits per heavy atom. The zero-order valence-corrected chi connectivity index (χ0v) is 25.0. The van der Waals surface area contributed by atoms with Crippen molar-refractivity contribution in [2.24, 2.45) is 0 Å². The summed E-state index contributed by atoms with van der Waals surface area (Å²) in [6, 6.07) is 38.1. The molecule has 5 nitrogen and oxygen atoms in total. The highest BCUT2D eigenvalue weighted by Crippen LogP contribution is 2.37. The smallest absolute Gasteiger partial charge is 0.272 e. The van der Waals surface area contributed by atoms with Gasteiger partial charge in [0.25, 0.3) is 11.8 Å². The van der Waals surface area contributed by atoms with Gasteiger partial charge in [-0.25, -0.2) is 0 Å². The topological polar surface area (TPSA) is 75.3 Å². The van der Waals surface area contributed by atoms with Gasteiger partial charge in [0.05, 0.1) is 5.75 Å². The van der Waals surface area contributed by atoms with E-state index in [1.54, 1.807) is 42.5 Å². The third kappa shape index (κ3) is 6.56. The second kappa shape index (κ2) is 13.0. The van der Waals surface area contributed by atoms with Crippen LogP contribution in [0.15, 0.2) is 132 Å². The molecular formula is C38H30N2O3S. The van der Waals surface area contributed by atoms with Gasteiger partial charge in [0.15, 0.2) is 5.78 Å². The number of nitrogens with one attached hydrogen (secondary N) is 2. The van der Waals surface area contributed by atoms with Gasteiger partial charge in [-0.05, 0) is 95.3 Å². The number of fused-ring (bicyclic) bond motifs is 3. The van der Waals surface area contributed by atoms with Gasteiger partial charge in [-0.2, -0.15) is 0 Å². The van der Waals surface area contributed by atoms with Crippen molar-refractivity contribution < 1.29 is 14.4 Å². The number of benzene rings is 5. The van der Waals surface area contributed by atoms with Crippen molar-refractivity contribution in [2.45, 2.75) is 18.2 Å². The Hall–Kier alpha value is -5.20. The van der Waals surface area contributed by atoms with Gasteiger partial charge >= 0.3 is 0 Å². The van der Waals surface area contributed by atoms with Gasteiger partial charge in [0.2, 0.25) is 0 Å². The first kappa shape index (κ1) is 28.9. The van der Waals surface area contributed by atoms with Crippen LogP contribution in [0.1, 0.15) is 43.0 Å². The first-order valence-electron chi connectivity index (χ1n) is 14.4. The Morgan fingerprint density at radius 1 is 0.727 bits per heavy atom. The summed E-state index contributed by atoms with van der Waals surface area (Å²) in [5, 5.41) is 5.67. The predicted molar refractivity (Wildman–Crippen MR) is 178 cm³/mol. The van der Waals surface area contributed by atoms with Crippen molar-refractivity contribution >= 4 is 41.1 Å². The van der Waals surface area contributed by atoms with Gasteiger partial charge in [-0.3, -0.25) is 14.4 Å². The number of carbonyl (C=O) groups is 3. The lowest BCUT2D eigenvalue weighted by Crippen LogP contribution is -2.30. The Labute approximate surface area is 261 Å². The molecule has 6 heteroatoms. The highest BCUT2D eigenvalue weighted by molar-refractivity contribution is 8.00. The SMILES string of the molecule is Cc1ccccc1/C=C(\NC(=O)c1ccccc1)C(=O)Nc1ccc(SCC(=O)c2ccc3c(c2)Cc2ccccc2-3)cc1. The van der Waals surface area contributed by atoms with Crippen LogP contribution in [-0.4, -0.2) is 23.4 Å². The predicted octanol–water partition coefficient (Wildman–Crippen LogP) is 7.95. The Bertz CT molecular complexity index is 1900. The number of carbonyl (C=O) groups excluding carboxylic acids is 3. The molecule has 0 saturated heterocycles. The van der Waals surface area contributed by atoms with Crippen LogP contribution in [0.2, 0.25) is 0 Å². The van der Waals surface area contributed by atoms with E-state index >= 15 is 0 Å². The molecule has 0 heterocycles. The number of ketones is 1. The maximum atomic E-state index is 13.4. The molecule has 1 aliphatic carbocycles. The second-order valence-electron chi connectivity index (χ2n) is 10.6.